The largest absolute Gasteiger partial charge is 0.381 e. The molecule has 1 aromatic carbocycles. The number of hydrogen-bond acceptors (Lipinski definition) is 3. The van der Waals surface area contributed by atoms with Crippen LogP contribution in [0.2, 0.25) is 0 Å². The first kappa shape index (κ1) is 13.8. The number of carbonyl (C=O) groups excluding carboxylic acids is 1. The first-order chi connectivity index (χ1) is 7.80. The Morgan fingerprint density at radius 2 is 2.24 bits per heavy atom. The molecular weight excluding hydrogens is 291 g/mol. The van der Waals surface area contributed by atoms with Gasteiger partial charge in [-0.25, -0.2) is 9.82 Å². The monoisotopic (exact) mass is 302 g/mol. The van der Waals surface area contributed by atoms with Crippen LogP contribution in [0.3, 0.4) is 0 Å². The lowest BCUT2D eigenvalue weighted by Gasteiger charge is -2.13. The first-order valence-corrected chi connectivity index (χ1v) is 5.61. The Bertz CT molecular complexity index is 455. The molecule has 0 aliphatic heterocycles. The summed E-state index contributed by atoms with van der Waals surface area (Å²) in [5, 5.41) is 12.9. The molecule has 17 heavy (non-hydrogen) atoms. The van der Waals surface area contributed by atoms with E-state index in [1.54, 1.807) is 6.07 Å². The van der Waals surface area contributed by atoms with Gasteiger partial charge in [0, 0.05) is 10.0 Å². The first-order valence-electron chi connectivity index (χ1n) is 4.81. The molecule has 2 N–H and O–H groups in total. The highest BCUT2D eigenvalue weighted by molar-refractivity contribution is 9.10. The molecule has 4 nitrogen and oxygen atoms in total. The van der Waals surface area contributed by atoms with Gasteiger partial charge in [0.25, 0.3) is 5.91 Å². The zero-order valence-electron chi connectivity index (χ0n) is 9.37. The van der Waals surface area contributed by atoms with Crippen molar-refractivity contribution in [2.24, 2.45) is 5.10 Å². The van der Waals surface area contributed by atoms with Crippen LogP contribution in [-0.2, 0) is 4.79 Å². The SMILES string of the molecule is CC(C)(O)C(=O)N/N=C/c1ccc(Br)cc1F. The number of hydrogen-bond donors (Lipinski definition) is 2. The van der Waals surface area contributed by atoms with Gasteiger partial charge in [-0.3, -0.25) is 4.79 Å². The number of nitrogens with zero attached hydrogens (tertiary/aromatic N) is 1. The molecule has 0 atom stereocenters. The fourth-order valence-corrected chi connectivity index (χ4v) is 1.24. The minimum atomic E-state index is -1.52. The van der Waals surface area contributed by atoms with Gasteiger partial charge in [-0.2, -0.15) is 5.10 Å². The molecule has 0 saturated carbocycles. The molecule has 0 spiro atoms. The van der Waals surface area contributed by atoms with E-state index in [-0.39, 0.29) is 5.56 Å². The van der Waals surface area contributed by atoms with Crippen LogP contribution in [0.5, 0.6) is 0 Å². The van der Waals surface area contributed by atoms with Crippen molar-refractivity contribution in [1.82, 2.24) is 5.43 Å². The summed E-state index contributed by atoms with van der Waals surface area (Å²) >= 11 is 3.13. The molecule has 92 valence electrons. The van der Waals surface area contributed by atoms with Gasteiger partial charge in [-0.05, 0) is 32.0 Å². The second-order valence-corrected chi connectivity index (χ2v) is 4.84. The number of amides is 1. The molecule has 0 saturated heterocycles. The van der Waals surface area contributed by atoms with E-state index in [1.807, 2.05) is 0 Å². The second-order valence-electron chi connectivity index (χ2n) is 3.92. The molecule has 0 aliphatic carbocycles. The highest BCUT2D eigenvalue weighted by atomic mass is 79.9. The highest BCUT2D eigenvalue weighted by Gasteiger charge is 2.22. The molecule has 1 amide bonds. The van der Waals surface area contributed by atoms with E-state index < -0.39 is 17.3 Å². The van der Waals surface area contributed by atoms with Crippen molar-refractivity contribution in [1.29, 1.82) is 0 Å². The minimum Gasteiger partial charge on any atom is -0.381 e. The Kier molecular flexibility index (Phi) is 4.36. The molecule has 1 aromatic rings. The van der Waals surface area contributed by atoms with Crippen molar-refractivity contribution in [3.05, 3.63) is 34.1 Å². The predicted molar refractivity (Wildman–Crippen MR) is 66.1 cm³/mol. The molecular formula is C11H12BrFN2O2. The fraction of sp³-hybridized carbons (Fsp3) is 0.273. The van der Waals surface area contributed by atoms with Crippen molar-refractivity contribution in [2.45, 2.75) is 19.4 Å². The molecule has 1 rings (SSSR count). The Balaban J connectivity index is 2.69. The van der Waals surface area contributed by atoms with E-state index in [2.05, 4.69) is 26.5 Å². The zero-order chi connectivity index (χ0) is 13.1. The number of benzene rings is 1. The van der Waals surface area contributed by atoms with Gasteiger partial charge in [-0.1, -0.05) is 15.9 Å². The van der Waals surface area contributed by atoms with E-state index in [9.17, 15) is 14.3 Å². The maximum Gasteiger partial charge on any atom is 0.271 e. The van der Waals surface area contributed by atoms with Gasteiger partial charge < -0.3 is 5.11 Å². The highest BCUT2D eigenvalue weighted by Crippen LogP contribution is 2.13. The standard InChI is InChI=1S/C11H12BrFN2O2/c1-11(2,17)10(16)15-14-6-7-3-4-8(12)5-9(7)13/h3-6,17H,1-2H3,(H,15,16)/b14-6+. The average molecular weight is 303 g/mol. The van der Waals surface area contributed by atoms with Crippen molar-refractivity contribution in [2.75, 3.05) is 0 Å². The lowest BCUT2D eigenvalue weighted by molar-refractivity contribution is -0.136. The van der Waals surface area contributed by atoms with Gasteiger partial charge in [0.15, 0.2) is 0 Å². The summed E-state index contributed by atoms with van der Waals surface area (Å²) in [6, 6.07) is 4.46. The molecule has 6 heteroatoms. The van der Waals surface area contributed by atoms with Crippen molar-refractivity contribution >= 4 is 28.1 Å². The smallest absolute Gasteiger partial charge is 0.271 e. The third-order valence-electron chi connectivity index (χ3n) is 1.89. The summed E-state index contributed by atoms with van der Waals surface area (Å²) in [6.45, 7) is 2.66. The number of hydrazone groups is 1. The van der Waals surface area contributed by atoms with Gasteiger partial charge in [0.2, 0.25) is 0 Å². The third-order valence-corrected chi connectivity index (χ3v) is 2.38. The minimum absolute atomic E-state index is 0.240. The van der Waals surface area contributed by atoms with Crippen LogP contribution < -0.4 is 5.43 Å². The Morgan fingerprint density at radius 3 is 2.76 bits per heavy atom. The number of nitrogens with one attached hydrogen (secondary N) is 1. The molecule has 0 fully saturated rings. The summed E-state index contributed by atoms with van der Waals surface area (Å²) in [5.74, 6) is -1.12. The Hall–Kier alpha value is -1.27. The van der Waals surface area contributed by atoms with Crippen LogP contribution >= 0.6 is 15.9 Å². The lowest BCUT2D eigenvalue weighted by atomic mass is 10.1. The number of halogens is 2. The maximum absolute atomic E-state index is 13.3. The number of aliphatic hydroxyl groups is 1. The molecule has 0 aromatic heterocycles. The van der Waals surface area contributed by atoms with Crippen LogP contribution in [0.1, 0.15) is 19.4 Å². The number of carbonyl (C=O) groups is 1. The quantitative estimate of drug-likeness (QED) is 0.661. The van der Waals surface area contributed by atoms with E-state index in [4.69, 9.17) is 0 Å². The van der Waals surface area contributed by atoms with E-state index in [1.165, 1.54) is 32.2 Å². The Labute approximate surface area is 107 Å². The normalized spacial score (nSPS) is 11.8. The molecule has 0 heterocycles. The van der Waals surface area contributed by atoms with Gasteiger partial charge in [-0.15, -0.1) is 0 Å². The van der Waals surface area contributed by atoms with Crippen LogP contribution in [0.15, 0.2) is 27.8 Å². The summed E-state index contributed by atoms with van der Waals surface area (Å²) in [4.78, 5) is 11.2. The fourth-order valence-electron chi connectivity index (χ4n) is 0.903. The van der Waals surface area contributed by atoms with Crippen LogP contribution in [-0.4, -0.2) is 22.8 Å². The average Bonchev–Trinajstić information content (AvgIpc) is 2.19. The molecule has 0 radical (unpaired) electrons. The van der Waals surface area contributed by atoms with Crippen molar-refractivity contribution < 1.29 is 14.3 Å². The molecule has 0 bridgehead atoms. The van der Waals surface area contributed by atoms with Crippen LogP contribution in [0.4, 0.5) is 4.39 Å². The van der Waals surface area contributed by atoms with Crippen LogP contribution in [0.25, 0.3) is 0 Å². The molecule has 0 aliphatic rings. The van der Waals surface area contributed by atoms with Gasteiger partial charge >= 0.3 is 0 Å². The summed E-state index contributed by atoms with van der Waals surface area (Å²) < 4.78 is 13.9. The maximum atomic E-state index is 13.3. The second kappa shape index (κ2) is 5.37. The van der Waals surface area contributed by atoms with E-state index >= 15 is 0 Å². The van der Waals surface area contributed by atoms with Gasteiger partial charge in [0.1, 0.15) is 11.4 Å². The number of rotatable bonds is 3. The summed E-state index contributed by atoms with van der Waals surface area (Å²) in [5.41, 5.74) is 0.837. The lowest BCUT2D eigenvalue weighted by Crippen LogP contribution is -2.39. The zero-order valence-corrected chi connectivity index (χ0v) is 11.0. The molecule has 0 unspecified atom stereocenters. The Morgan fingerprint density at radius 1 is 1.59 bits per heavy atom. The summed E-state index contributed by atoms with van der Waals surface area (Å²) in [7, 11) is 0. The van der Waals surface area contributed by atoms with E-state index in [0.717, 1.165) is 0 Å². The predicted octanol–water partition coefficient (Wildman–Crippen LogP) is 1.81. The van der Waals surface area contributed by atoms with Crippen molar-refractivity contribution in [3.8, 4) is 0 Å². The summed E-state index contributed by atoms with van der Waals surface area (Å²) in [6.07, 6.45) is 1.17. The third kappa shape index (κ3) is 4.24. The van der Waals surface area contributed by atoms with Crippen LogP contribution in [0, 0.1) is 5.82 Å². The van der Waals surface area contributed by atoms with Crippen molar-refractivity contribution in [3.63, 3.8) is 0 Å². The van der Waals surface area contributed by atoms with Gasteiger partial charge in [0.05, 0.1) is 6.21 Å². The van der Waals surface area contributed by atoms with E-state index in [0.29, 0.717) is 4.47 Å². The topological polar surface area (TPSA) is 61.7 Å².